The molecule has 0 radical (unpaired) electrons. The van der Waals surface area contributed by atoms with Crippen LogP contribution in [0.2, 0.25) is 0 Å². The quantitative estimate of drug-likeness (QED) is 0.373. The third-order valence-electron chi connectivity index (χ3n) is 4.74. The van der Waals surface area contributed by atoms with Crippen LogP contribution in [0.25, 0.3) is 0 Å². The normalized spacial score (nSPS) is 12.6. The number of nitrogens with one attached hydrogen (secondary N) is 2. The summed E-state index contributed by atoms with van der Waals surface area (Å²) in [5.41, 5.74) is -4.13. The number of carbonyl (C=O) groups is 3. The van der Waals surface area contributed by atoms with Gasteiger partial charge in [-0.3, -0.25) is 19.0 Å². The largest absolute Gasteiger partial charge is 0.489 e. The number of alkyl halides is 6. The molecule has 0 saturated carbocycles. The van der Waals surface area contributed by atoms with Crippen LogP contribution in [0.3, 0.4) is 0 Å². The van der Waals surface area contributed by atoms with Crippen molar-refractivity contribution in [3.05, 3.63) is 52.1 Å². The van der Waals surface area contributed by atoms with E-state index in [0.717, 1.165) is 32.0 Å². The molecular weight excluding hydrogens is 477 g/mol. The van der Waals surface area contributed by atoms with Gasteiger partial charge in [0.05, 0.1) is 11.1 Å². The van der Waals surface area contributed by atoms with E-state index >= 15 is 0 Å². The molecule has 182 valence electrons. The fraction of sp³-hybridized carbons (Fsp3) is 0.300. The summed E-state index contributed by atoms with van der Waals surface area (Å²) in [4.78, 5) is 37.2. The summed E-state index contributed by atoms with van der Waals surface area (Å²) in [5, 5.41) is 12.3. The van der Waals surface area contributed by atoms with Crippen molar-refractivity contribution in [2.24, 2.45) is 0 Å². The highest BCUT2D eigenvalue weighted by Crippen LogP contribution is 2.33. The second kappa shape index (κ2) is 9.16. The first-order chi connectivity index (χ1) is 15.5. The smallest absolute Gasteiger partial charge is 0.338 e. The van der Waals surface area contributed by atoms with Crippen LogP contribution in [-0.4, -0.2) is 34.4 Å². The Balaban J connectivity index is 2.54. The monoisotopic (exact) mass is 492 g/mol. The molecule has 34 heavy (non-hydrogen) atoms. The van der Waals surface area contributed by atoms with Crippen molar-refractivity contribution in [1.82, 2.24) is 9.88 Å². The molecule has 1 aromatic heterocycles. The first-order valence-electron chi connectivity index (χ1n) is 9.22. The van der Waals surface area contributed by atoms with Crippen molar-refractivity contribution in [3.8, 4) is 6.07 Å². The van der Waals surface area contributed by atoms with Crippen molar-refractivity contribution in [1.29, 1.82) is 5.26 Å². The van der Waals surface area contributed by atoms with Crippen molar-refractivity contribution >= 4 is 23.3 Å². The first kappa shape index (κ1) is 26.4. The minimum atomic E-state index is -5.32. The summed E-state index contributed by atoms with van der Waals surface area (Å²) in [6, 6.07) is 1.75. The van der Waals surface area contributed by atoms with E-state index < -0.39 is 74.6 Å². The number of aromatic nitrogens is 1. The molecule has 1 heterocycles. The van der Waals surface area contributed by atoms with Crippen LogP contribution in [0.1, 0.15) is 44.6 Å². The van der Waals surface area contributed by atoms with Crippen LogP contribution in [0.4, 0.5) is 36.4 Å². The molecule has 0 unspecified atom stereocenters. The van der Waals surface area contributed by atoms with Crippen LogP contribution in [0.5, 0.6) is 0 Å². The number of Topliss-reactive ketones (excluding diaryl/α,β-unsaturated/α-hetero) is 1. The Labute approximate surface area is 187 Å². The highest BCUT2D eigenvalue weighted by atomic mass is 19.4. The third kappa shape index (κ3) is 5.19. The summed E-state index contributed by atoms with van der Waals surface area (Å²) in [6.45, 7) is 2.21. The fourth-order valence-electron chi connectivity index (χ4n) is 3.09. The summed E-state index contributed by atoms with van der Waals surface area (Å²) in [7, 11) is 0. The standard InChI is InChI=1S/C20H15F7N4O3/c1-8-14(17(33)30-12-4-5-13(21)11(6-12)7-28)9(2)31(20(25,26)27)15(8)16(32)18(34)29-10(3)19(22,23)24/h4-6,10H,1-3H3,(H,29,34)(H,30,33)/t10-/m0/s1. The van der Waals surface area contributed by atoms with Gasteiger partial charge in [0.2, 0.25) is 0 Å². The highest BCUT2D eigenvalue weighted by molar-refractivity contribution is 6.43. The average molecular weight is 492 g/mol. The van der Waals surface area contributed by atoms with Crippen molar-refractivity contribution in [2.45, 2.75) is 39.3 Å². The topological polar surface area (TPSA) is 104 Å². The van der Waals surface area contributed by atoms with Gasteiger partial charge in [-0.2, -0.15) is 18.4 Å². The van der Waals surface area contributed by atoms with E-state index in [1.54, 1.807) is 0 Å². The predicted molar refractivity (Wildman–Crippen MR) is 102 cm³/mol. The zero-order chi connectivity index (χ0) is 26.2. The number of benzene rings is 1. The van der Waals surface area contributed by atoms with Crippen molar-refractivity contribution in [3.63, 3.8) is 0 Å². The molecule has 7 nitrogen and oxygen atoms in total. The summed E-state index contributed by atoms with van der Waals surface area (Å²) in [5.74, 6) is -6.02. The van der Waals surface area contributed by atoms with Gasteiger partial charge in [-0.25, -0.2) is 4.39 Å². The Morgan fingerprint density at radius 1 is 1.09 bits per heavy atom. The number of nitrogens with zero attached hydrogens (tertiary/aromatic N) is 2. The van der Waals surface area contributed by atoms with Gasteiger partial charge in [0.25, 0.3) is 17.6 Å². The van der Waals surface area contributed by atoms with Gasteiger partial charge < -0.3 is 10.6 Å². The lowest BCUT2D eigenvalue weighted by Gasteiger charge is -2.18. The SMILES string of the molecule is Cc1c(C(=O)Nc2ccc(F)c(C#N)c2)c(C)n(C(F)(F)F)c1C(=O)C(=O)N[C@@H](C)C(F)(F)F. The van der Waals surface area contributed by atoms with Crippen LogP contribution in [-0.2, 0) is 11.1 Å². The van der Waals surface area contributed by atoms with E-state index in [2.05, 4.69) is 5.32 Å². The minimum Gasteiger partial charge on any atom is -0.338 e. The molecule has 0 aliphatic heterocycles. The van der Waals surface area contributed by atoms with E-state index in [0.29, 0.717) is 6.92 Å². The number of hydrogen-bond acceptors (Lipinski definition) is 4. The number of anilines is 1. The molecule has 0 saturated heterocycles. The Morgan fingerprint density at radius 3 is 2.18 bits per heavy atom. The number of hydrogen-bond donors (Lipinski definition) is 2. The Morgan fingerprint density at radius 2 is 1.68 bits per heavy atom. The molecule has 2 amide bonds. The average Bonchev–Trinajstić information content (AvgIpc) is 2.98. The molecule has 0 aliphatic carbocycles. The third-order valence-corrected chi connectivity index (χ3v) is 4.74. The highest BCUT2D eigenvalue weighted by Gasteiger charge is 2.43. The summed E-state index contributed by atoms with van der Waals surface area (Å²) in [6.07, 6.45) is -10.3. The zero-order valence-corrected chi connectivity index (χ0v) is 17.6. The molecule has 2 aromatic rings. The van der Waals surface area contributed by atoms with Gasteiger partial charge >= 0.3 is 12.5 Å². The molecule has 0 aliphatic rings. The minimum absolute atomic E-state index is 0.161. The van der Waals surface area contributed by atoms with Crippen molar-refractivity contribution < 1.29 is 45.1 Å². The lowest BCUT2D eigenvalue weighted by atomic mass is 10.1. The van der Waals surface area contributed by atoms with Crippen molar-refractivity contribution in [2.75, 3.05) is 5.32 Å². The van der Waals surface area contributed by atoms with E-state index in [1.807, 2.05) is 0 Å². The van der Waals surface area contributed by atoms with Gasteiger partial charge in [-0.05, 0) is 44.5 Å². The van der Waals surface area contributed by atoms with Crippen LogP contribution >= 0.6 is 0 Å². The molecule has 0 fully saturated rings. The molecule has 0 spiro atoms. The first-order valence-corrected chi connectivity index (χ1v) is 9.22. The van der Waals surface area contributed by atoms with Crippen LogP contribution < -0.4 is 10.6 Å². The maximum Gasteiger partial charge on any atom is 0.489 e. The Hall–Kier alpha value is -3.89. The van der Waals surface area contributed by atoms with E-state index in [4.69, 9.17) is 5.26 Å². The number of rotatable bonds is 5. The van der Waals surface area contributed by atoms with Crippen LogP contribution in [0.15, 0.2) is 18.2 Å². The number of ketones is 1. The molecule has 14 heteroatoms. The lowest BCUT2D eigenvalue weighted by Crippen LogP contribution is -2.46. The number of carbonyl (C=O) groups excluding carboxylic acids is 3. The lowest BCUT2D eigenvalue weighted by molar-refractivity contribution is -0.205. The molecule has 1 atom stereocenters. The molecule has 2 N–H and O–H groups in total. The number of halogens is 7. The number of amides is 2. The maximum absolute atomic E-state index is 13.7. The molecular formula is C20H15F7N4O3. The second-order valence-electron chi connectivity index (χ2n) is 7.06. The van der Waals surface area contributed by atoms with E-state index in [-0.39, 0.29) is 5.69 Å². The summed E-state index contributed by atoms with van der Waals surface area (Å²) < 4.78 is 92.0. The van der Waals surface area contributed by atoms with Gasteiger partial charge in [-0.1, -0.05) is 0 Å². The van der Waals surface area contributed by atoms with Crippen LogP contribution in [0, 0.1) is 31.0 Å². The molecule has 2 rings (SSSR count). The summed E-state index contributed by atoms with van der Waals surface area (Å²) >= 11 is 0. The zero-order valence-electron chi connectivity index (χ0n) is 17.6. The van der Waals surface area contributed by atoms with Gasteiger partial charge in [0, 0.05) is 11.4 Å². The van der Waals surface area contributed by atoms with Gasteiger partial charge in [0.1, 0.15) is 23.6 Å². The van der Waals surface area contributed by atoms with E-state index in [1.165, 1.54) is 11.4 Å². The van der Waals surface area contributed by atoms with E-state index in [9.17, 15) is 45.1 Å². The number of nitriles is 1. The molecule has 1 aromatic carbocycles. The Bertz CT molecular complexity index is 1210. The molecule has 0 bridgehead atoms. The van der Waals surface area contributed by atoms with Gasteiger partial charge in [0.15, 0.2) is 0 Å². The predicted octanol–water partition coefficient (Wildman–Crippen LogP) is 4.09. The fourth-order valence-corrected chi connectivity index (χ4v) is 3.09. The maximum atomic E-state index is 13.7. The Kier molecular flexibility index (Phi) is 7.10. The van der Waals surface area contributed by atoms with Gasteiger partial charge in [-0.15, -0.1) is 13.2 Å². The second-order valence-corrected chi connectivity index (χ2v) is 7.06.